The number of anilines is 1. The van der Waals surface area contributed by atoms with Crippen molar-refractivity contribution in [2.75, 3.05) is 11.4 Å². The van der Waals surface area contributed by atoms with E-state index in [2.05, 4.69) is 10.1 Å². The summed E-state index contributed by atoms with van der Waals surface area (Å²) in [5.41, 5.74) is 5.81. The number of amides is 2. The highest BCUT2D eigenvalue weighted by atomic mass is 19.4. The van der Waals surface area contributed by atoms with Crippen LogP contribution in [0.2, 0.25) is 0 Å². The van der Waals surface area contributed by atoms with Crippen molar-refractivity contribution in [2.45, 2.75) is 38.2 Å². The molecular formula is C15H18F3N3O3. The van der Waals surface area contributed by atoms with Gasteiger partial charge in [-0.25, -0.2) is 0 Å². The van der Waals surface area contributed by atoms with Crippen molar-refractivity contribution in [3.05, 3.63) is 24.3 Å². The molecule has 0 aliphatic carbocycles. The molecule has 2 amide bonds. The fourth-order valence-corrected chi connectivity index (χ4v) is 2.46. The lowest BCUT2D eigenvalue weighted by atomic mass is 10.2. The molecule has 1 fully saturated rings. The number of benzene rings is 1. The van der Waals surface area contributed by atoms with E-state index in [1.54, 1.807) is 6.92 Å². The first-order valence-corrected chi connectivity index (χ1v) is 7.38. The summed E-state index contributed by atoms with van der Waals surface area (Å²) in [5.74, 6) is -1.12. The number of alkyl halides is 3. The lowest BCUT2D eigenvalue weighted by molar-refractivity contribution is -0.274. The summed E-state index contributed by atoms with van der Waals surface area (Å²) in [6.07, 6.45) is -4.34. The number of ether oxygens (including phenoxy) is 1. The third kappa shape index (κ3) is 4.85. The maximum Gasteiger partial charge on any atom is 0.573 e. The van der Waals surface area contributed by atoms with E-state index in [0.717, 1.165) is 12.1 Å². The Bertz CT molecular complexity index is 619. The van der Waals surface area contributed by atoms with Gasteiger partial charge in [-0.3, -0.25) is 9.59 Å². The summed E-state index contributed by atoms with van der Waals surface area (Å²) in [6.45, 7) is 1.96. The second kappa shape index (κ2) is 7.08. The van der Waals surface area contributed by atoms with E-state index in [-0.39, 0.29) is 36.5 Å². The molecule has 1 aromatic carbocycles. The van der Waals surface area contributed by atoms with Crippen LogP contribution in [0.25, 0.3) is 0 Å². The highest BCUT2D eigenvalue weighted by Gasteiger charge is 2.35. The molecule has 0 bridgehead atoms. The Labute approximate surface area is 136 Å². The first kappa shape index (κ1) is 18.1. The van der Waals surface area contributed by atoms with Crippen LogP contribution in [0.15, 0.2) is 24.3 Å². The second-order valence-electron chi connectivity index (χ2n) is 5.63. The normalized spacial score (nSPS) is 19.3. The van der Waals surface area contributed by atoms with Crippen molar-refractivity contribution in [1.29, 1.82) is 0 Å². The summed E-state index contributed by atoms with van der Waals surface area (Å²) >= 11 is 0. The SMILES string of the molecule is CC(N)CC(=O)NC1CCN(c2cccc(OC(F)(F)F)c2)C1=O. The van der Waals surface area contributed by atoms with Crippen LogP contribution in [0, 0.1) is 0 Å². The standard InChI is InChI=1S/C15H18F3N3O3/c1-9(19)7-13(22)20-12-5-6-21(14(12)23)10-3-2-4-11(8-10)24-15(16,17)18/h2-4,8-9,12H,5-7,19H2,1H3,(H,20,22). The molecule has 2 atom stereocenters. The Morgan fingerprint density at radius 3 is 2.83 bits per heavy atom. The molecule has 1 heterocycles. The summed E-state index contributed by atoms with van der Waals surface area (Å²) in [4.78, 5) is 25.4. The van der Waals surface area contributed by atoms with Gasteiger partial charge >= 0.3 is 6.36 Å². The van der Waals surface area contributed by atoms with E-state index < -0.39 is 18.2 Å². The molecule has 24 heavy (non-hydrogen) atoms. The minimum absolute atomic E-state index is 0.0959. The molecule has 2 unspecified atom stereocenters. The van der Waals surface area contributed by atoms with Crippen LogP contribution in [0.4, 0.5) is 18.9 Å². The second-order valence-corrected chi connectivity index (χ2v) is 5.63. The predicted octanol–water partition coefficient (Wildman–Crippen LogP) is 1.54. The highest BCUT2D eigenvalue weighted by molar-refractivity contribution is 6.01. The monoisotopic (exact) mass is 345 g/mol. The number of nitrogens with zero attached hydrogens (tertiary/aromatic N) is 1. The predicted molar refractivity (Wildman–Crippen MR) is 80.3 cm³/mol. The van der Waals surface area contributed by atoms with Gasteiger partial charge in [0.1, 0.15) is 11.8 Å². The van der Waals surface area contributed by atoms with Crippen LogP contribution in [0.3, 0.4) is 0 Å². The van der Waals surface area contributed by atoms with Crippen LogP contribution in [-0.4, -0.2) is 36.8 Å². The molecule has 0 aromatic heterocycles. The number of rotatable bonds is 5. The van der Waals surface area contributed by atoms with E-state index in [4.69, 9.17) is 5.73 Å². The Morgan fingerprint density at radius 2 is 2.21 bits per heavy atom. The van der Waals surface area contributed by atoms with E-state index >= 15 is 0 Å². The first-order valence-electron chi connectivity index (χ1n) is 7.38. The van der Waals surface area contributed by atoms with Crippen LogP contribution in [0.5, 0.6) is 5.75 Å². The molecular weight excluding hydrogens is 327 g/mol. The lowest BCUT2D eigenvalue weighted by Gasteiger charge is -2.18. The fraction of sp³-hybridized carbons (Fsp3) is 0.467. The van der Waals surface area contributed by atoms with Gasteiger partial charge in [-0.15, -0.1) is 13.2 Å². The summed E-state index contributed by atoms with van der Waals surface area (Å²) in [7, 11) is 0. The fourth-order valence-electron chi connectivity index (χ4n) is 2.46. The topological polar surface area (TPSA) is 84.7 Å². The van der Waals surface area contributed by atoms with Crippen molar-refractivity contribution in [1.82, 2.24) is 5.32 Å². The molecule has 3 N–H and O–H groups in total. The quantitative estimate of drug-likeness (QED) is 0.848. The minimum Gasteiger partial charge on any atom is -0.406 e. The number of nitrogens with one attached hydrogen (secondary N) is 1. The van der Waals surface area contributed by atoms with Crippen molar-refractivity contribution in [3.8, 4) is 5.75 Å². The summed E-state index contributed by atoms with van der Waals surface area (Å²) < 4.78 is 40.7. The zero-order valence-electron chi connectivity index (χ0n) is 13.0. The third-order valence-corrected chi connectivity index (χ3v) is 3.41. The zero-order valence-corrected chi connectivity index (χ0v) is 13.0. The molecule has 0 radical (unpaired) electrons. The minimum atomic E-state index is -4.80. The smallest absolute Gasteiger partial charge is 0.406 e. The molecule has 1 saturated heterocycles. The molecule has 132 valence electrons. The zero-order chi connectivity index (χ0) is 17.9. The molecule has 0 spiro atoms. The van der Waals surface area contributed by atoms with E-state index in [9.17, 15) is 22.8 Å². The van der Waals surface area contributed by atoms with E-state index in [0.29, 0.717) is 6.42 Å². The molecule has 1 aromatic rings. The molecule has 0 saturated carbocycles. The molecule has 6 nitrogen and oxygen atoms in total. The number of nitrogens with two attached hydrogens (primary N) is 1. The van der Waals surface area contributed by atoms with Crippen molar-refractivity contribution in [2.24, 2.45) is 5.73 Å². The van der Waals surface area contributed by atoms with Gasteiger partial charge in [-0.1, -0.05) is 6.07 Å². The number of carbonyl (C=O) groups is 2. The molecule has 2 rings (SSSR count). The van der Waals surface area contributed by atoms with Gasteiger partial charge in [-0.2, -0.15) is 0 Å². The van der Waals surface area contributed by atoms with Crippen molar-refractivity contribution >= 4 is 17.5 Å². The summed E-state index contributed by atoms with van der Waals surface area (Å²) in [6, 6.07) is 4.13. The maximum atomic E-state index is 12.3. The van der Waals surface area contributed by atoms with Gasteiger partial charge in [0.2, 0.25) is 11.8 Å². The van der Waals surface area contributed by atoms with E-state index in [1.807, 2.05) is 0 Å². The molecule has 1 aliphatic rings. The van der Waals surface area contributed by atoms with Gasteiger partial charge < -0.3 is 20.7 Å². The molecule has 9 heteroatoms. The summed E-state index contributed by atoms with van der Waals surface area (Å²) in [5, 5.41) is 2.59. The van der Waals surface area contributed by atoms with Crippen LogP contribution >= 0.6 is 0 Å². The van der Waals surface area contributed by atoms with Crippen LogP contribution < -0.4 is 20.7 Å². The Hall–Kier alpha value is -2.29. The highest BCUT2D eigenvalue weighted by Crippen LogP contribution is 2.29. The third-order valence-electron chi connectivity index (χ3n) is 3.41. The number of carbonyl (C=O) groups excluding carboxylic acids is 2. The van der Waals surface area contributed by atoms with Crippen molar-refractivity contribution in [3.63, 3.8) is 0 Å². The van der Waals surface area contributed by atoms with E-state index in [1.165, 1.54) is 17.0 Å². The van der Waals surface area contributed by atoms with Crippen LogP contribution in [-0.2, 0) is 9.59 Å². The van der Waals surface area contributed by atoms with Gasteiger partial charge in [0.15, 0.2) is 0 Å². The number of hydrogen-bond donors (Lipinski definition) is 2. The Kier molecular flexibility index (Phi) is 5.33. The number of hydrogen-bond acceptors (Lipinski definition) is 4. The van der Waals surface area contributed by atoms with Crippen LogP contribution in [0.1, 0.15) is 19.8 Å². The average Bonchev–Trinajstić information content (AvgIpc) is 2.77. The Balaban J connectivity index is 2.05. The Morgan fingerprint density at radius 1 is 1.50 bits per heavy atom. The lowest BCUT2D eigenvalue weighted by Crippen LogP contribution is -2.43. The average molecular weight is 345 g/mol. The van der Waals surface area contributed by atoms with Gasteiger partial charge in [0, 0.05) is 30.8 Å². The number of halogens is 3. The van der Waals surface area contributed by atoms with Gasteiger partial charge in [0.05, 0.1) is 0 Å². The largest absolute Gasteiger partial charge is 0.573 e. The van der Waals surface area contributed by atoms with Gasteiger partial charge in [0.25, 0.3) is 0 Å². The van der Waals surface area contributed by atoms with Crippen molar-refractivity contribution < 1.29 is 27.5 Å². The maximum absolute atomic E-state index is 12.3. The molecule has 1 aliphatic heterocycles. The van der Waals surface area contributed by atoms with Gasteiger partial charge in [-0.05, 0) is 25.5 Å². The first-order chi connectivity index (χ1) is 11.2.